The standard InChI is InChI=1S/C13H17ClO3/c1-3-4-5-8-17-12-9-10(16-2)6-7-11(12)13(14)15/h6-7,9H,3-5,8H2,1-2H3. The predicted octanol–water partition coefficient (Wildman–Crippen LogP) is 3.64. The van der Waals surface area contributed by atoms with E-state index in [0.29, 0.717) is 23.7 Å². The highest BCUT2D eigenvalue weighted by Gasteiger charge is 2.11. The van der Waals surface area contributed by atoms with Gasteiger partial charge in [-0.2, -0.15) is 0 Å². The summed E-state index contributed by atoms with van der Waals surface area (Å²) in [7, 11) is 1.57. The minimum absolute atomic E-state index is 0.379. The molecule has 0 aliphatic carbocycles. The van der Waals surface area contributed by atoms with Crippen molar-refractivity contribution < 1.29 is 14.3 Å². The maximum absolute atomic E-state index is 11.2. The highest BCUT2D eigenvalue weighted by molar-refractivity contribution is 6.68. The molecule has 4 heteroatoms. The van der Waals surface area contributed by atoms with Gasteiger partial charge in [0.1, 0.15) is 11.5 Å². The van der Waals surface area contributed by atoms with Crippen molar-refractivity contribution in [3.63, 3.8) is 0 Å². The number of hydrogen-bond acceptors (Lipinski definition) is 3. The molecule has 17 heavy (non-hydrogen) atoms. The number of carbonyl (C=O) groups is 1. The molecule has 94 valence electrons. The topological polar surface area (TPSA) is 35.5 Å². The van der Waals surface area contributed by atoms with Crippen molar-refractivity contribution in [2.24, 2.45) is 0 Å². The molecule has 1 aromatic rings. The van der Waals surface area contributed by atoms with Crippen LogP contribution in [0.2, 0.25) is 0 Å². The molecule has 0 amide bonds. The van der Waals surface area contributed by atoms with Gasteiger partial charge in [-0.15, -0.1) is 0 Å². The maximum Gasteiger partial charge on any atom is 0.256 e. The van der Waals surface area contributed by atoms with E-state index < -0.39 is 5.24 Å². The monoisotopic (exact) mass is 256 g/mol. The van der Waals surface area contributed by atoms with Crippen LogP contribution in [0.1, 0.15) is 36.5 Å². The molecule has 0 saturated carbocycles. The molecule has 0 aromatic heterocycles. The lowest BCUT2D eigenvalue weighted by Gasteiger charge is -2.10. The summed E-state index contributed by atoms with van der Waals surface area (Å²) in [6, 6.07) is 4.99. The van der Waals surface area contributed by atoms with Crippen LogP contribution in [0.4, 0.5) is 0 Å². The minimum Gasteiger partial charge on any atom is -0.497 e. The molecule has 0 aliphatic heterocycles. The lowest BCUT2D eigenvalue weighted by Crippen LogP contribution is -2.02. The summed E-state index contributed by atoms with van der Waals surface area (Å²) in [6.45, 7) is 2.71. The number of ether oxygens (including phenoxy) is 2. The van der Waals surface area contributed by atoms with Gasteiger partial charge >= 0.3 is 0 Å². The van der Waals surface area contributed by atoms with Crippen molar-refractivity contribution >= 4 is 16.8 Å². The first-order valence-electron chi connectivity index (χ1n) is 5.69. The van der Waals surface area contributed by atoms with E-state index in [1.165, 1.54) is 0 Å². The zero-order valence-electron chi connectivity index (χ0n) is 10.2. The Balaban J connectivity index is 2.75. The molecule has 0 heterocycles. The van der Waals surface area contributed by atoms with E-state index in [2.05, 4.69) is 6.92 Å². The number of halogens is 1. The molecule has 0 atom stereocenters. The molecular weight excluding hydrogens is 240 g/mol. The molecule has 3 nitrogen and oxygen atoms in total. The summed E-state index contributed by atoms with van der Waals surface area (Å²) in [5.74, 6) is 1.14. The Bertz CT molecular complexity index is 377. The highest BCUT2D eigenvalue weighted by atomic mass is 35.5. The maximum atomic E-state index is 11.2. The Kier molecular flexibility index (Phi) is 5.84. The molecule has 0 saturated heterocycles. The van der Waals surface area contributed by atoms with E-state index >= 15 is 0 Å². The summed E-state index contributed by atoms with van der Waals surface area (Å²) in [5.41, 5.74) is 0.379. The van der Waals surface area contributed by atoms with E-state index in [1.54, 1.807) is 25.3 Å². The first-order valence-corrected chi connectivity index (χ1v) is 6.07. The Hall–Kier alpha value is -1.22. The van der Waals surface area contributed by atoms with Crippen molar-refractivity contribution in [3.8, 4) is 11.5 Å². The van der Waals surface area contributed by atoms with Gasteiger partial charge in [0.15, 0.2) is 0 Å². The fourth-order valence-corrected chi connectivity index (χ4v) is 1.60. The first kappa shape index (κ1) is 13.8. The Labute approximate surface area is 107 Å². The number of benzene rings is 1. The van der Waals surface area contributed by atoms with E-state index in [4.69, 9.17) is 21.1 Å². The second kappa shape index (κ2) is 7.17. The summed E-state index contributed by atoms with van der Waals surface area (Å²) < 4.78 is 10.6. The molecule has 0 fully saturated rings. The van der Waals surface area contributed by atoms with Crippen molar-refractivity contribution in [3.05, 3.63) is 23.8 Å². The average Bonchev–Trinajstić information content (AvgIpc) is 2.34. The summed E-state index contributed by atoms with van der Waals surface area (Å²) in [5, 5.41) is -0.516. The van der Waals surface area contributed by atoms with Crippen molar-refractivity contribution in [2.45, 2.75) is 26.2 Å². The normalized spacial score (nSPS) is 10.1. The summed E-state index contributed by atoms with van der Waals surface area (Å²) in [4.78, 5) is 11.2. The molecular formula is C13H17ClO3. The zero-order valence-corrected chi connectivity index (χ0v) is 10.9. The number of carbonyl (C=O) groups excluding carboxylic acids is 1. The van der Waals surface area contributed by atoms with Gasteiger partial charge in [0.05, 0.1) is 19.3 Å². The number of rotatable bonds is 7. The fourth-order valence-electron chi connectivity index (χ4n) is 1.45. The molecule has 0 radical (unpaired) electrons. The van der Waals surface area contributed by atoms with Crippen LogP contribution in [0.25, 0.3) is 0 Å². The Morgan fingerprint density at radius 2 is 2.12 bits per heavy atom. The highest BCUT2D eigenvalue weighted by Crippen LogP contribution is 2.26. The second-order valence-corrected chi connectivity index (χ2v) is 4.03. The minimum atomic E-state index is -0.516. The van der Waals surface area contributed by atoms with Crippen molar-refractivity contribution in [2.75, 3.05) is 13.7 Å². The fraction of sp³-hybridized carbons (Fsp3) is 0.462. The molecule has 1 aromatic carbocycles. The van der Waals surface area contributed by atoms with Crippen LogP contribution >= 0.6 is 11.6 Å². The second-order valence-electron chi connectivity index (χ2n) is 3.69. The van der Waals surface area contributed by atoms with Gasteiger partial charge in [0.2, 0.25) is 0 Å². The molecule has 0 spiro atoms. The van der Waals surface area contributed by atoms with Crippen LogP contribution in [0.15, 0.2) is 18.2 Å². The van der Waals surface area contributed by atoms with Crippen LogP contribution in [0.3, 0.4) is 0 Å². The third kappa shape index (κ3) is 4.27. The zero-order chi connectivity index (χ0) is 12.7. The van der Waals surface area contributed by atoms with Crippen LogP contribution < -0.4 is 9.47 Å². The van der Waals surface area contributed by atoms with Crippen molar-refractivity contribution in [1.29, 1.82) is 0 Å². The largest absolute Gasteiger partial charge is 0.497 e. The van der Waals surface area contributed by atoms with Gasteiger partial charge in [-0.1, -0.05) is 19.8 Å². The Morgan fingerprint density at radius 3 is 2.71 bits per heavy atom. The van der Waals surface area contributed by atoms with Gasteiger partial charge in [-0.25, -0.2) is 0 Å². The van der Waals surface area contributed by atoms with Crippen molar-refractivity contribution in [1.82, 2.24) is 0 Å². The number of methoxy groups -OCH3 is 1. The molecule has 0 N–H and O–H groups in total. The van der Waals surface area contributed by atoms with E-state index in [9.17, 15) is 4.79 Å². The lowest BCUT2D eigenvalue weighted by molar-refractivity contribution is 0.107. The van der Waals surface area contributed by atoms with Crippen LogP contribution in [-0.4, -0.2) is 19.0 Å². The third-order valence-electron chi connectivity index (χ3n) is 2.41. The first-order chi connectivity index (χ1) is 8.19. The number of hydrogen-bond donors (Lipinski definition) is 0. The van der Waals surface area contributed by atoms with Gasteiger partial charge in [-0.05, 0) is 30.2 Å². The summed E-state index contributed by atoms with van der Waals surface area (Å²) in [6.07, 6.45) is 3.19. The van der Waals surface area contributed by atoms with Gasteiger partial charge in [0.25, 0.3) is 5.24 Å². The smallest absolute Gasteiger partial charge is 0.256 e. The molecule has 0 bridgehead atoms. The van der Waals surface area contributed by atoms with E-state index in [0.717, 1.165) is 19.3 Å². The summed E-state index contributed by atoms with van der Waals surface area (Å²) >= 11 is 5.48. The molecule has 0 aliphatic rings. The Morgan fingerprint density at radius 1 is 1.35 bits per heavy atom. The van der Waals surface area contributed by atoms with Crippen LogP contribution in [0.5, 0.6) is 11.5 Å². The van der Waals surface area contributed by atoms with Crippen LogP contribution in [-0.2, 0) is 0 Å². The SMILES string of the molecule is CCCCCOc1cc(OC)ccc1C(=O)Cl. The van der Waals surface area contributed by atoms with E-state index in [-0.39, 0.29) is 0 Å². The average molecular weight is 257 g/mol. The van der Waals surface area contributed by atoms with Gasteiger partial charge in [-0.3, -0.25) is 4.79 Å². The van der Waals surface area contributed by atoms with Gasteiger partial charge < -0.3 is 9.47 Å². The lowest BCUT2D eigenvalue weighted by atomic mass is 10.2. The number of unbranched alkanes of at least 4 members (excludes halogenated alkanes) is 2. The van der Waals surface area contributed by atoms with E-state index in [1.807, 2.05) is 0 Å². The molecule has 0 unspecified atom stereocenters. The van der Waals surface area contributed by atoms with Gasteiger partial charge in [0, 0.05) is 6.07 Å². The van der Waals surface area contributed by atoms with Crippen LogP contribution in [0, 0.1) is 0 Å². The quantitative estimate of drug-likeness (QED) is 0.552. The third-order valence-corrected chi connectivity index (χ3v) is 2.61. The predicted molar refractivity (Wildman–Crippen MR) is 68.2 cm³/mol. The molecule has 1 rings (SSSR count).